The largest absolute Gasteiger partial charge is 0.497 e. The first-order valence-corrected chi connectivity index (χ1v) is 16.1. The molecular weight excluding hydrogens is 570 g/mol. The Morgan fingerprint density at radius 3 is 2.56 bits per heavy atom. The van der Waals surface area contributed by atoms with Crippen LogP contribution in [0.1, 0.15) is 49.1 Å². The predicted octanol–water partition coefficient (Wildman–Crippen LogP) is 3.85. The second kappa shape index (κ2) is 9.83. The van der Waals surface area contributed by atoms with Gasteiger partial charge in [0.1, 0.15) is 11.6 Å². The van der Waals surface area contributed by atoms with E-state index < -0.39 is 15.3 Å². The van der Waals surface area contributed by atoms with Crippen molar-refractivity contribution in [2.75, 3.05) is 54.3 Å². The third kappa shape index (κ3) is 4.44. The van der Waals surface area contributed by atoms with Gasteiger partial charge in [-0.3, -0.25) is 9.89 Å². The van der Waals surface area contributed by atoms with Gasteiger partial charge in [-0.25, -0.2) is 18.4 Å². The van der Waals surface area contributed by atoms with Gasteiger partial charge in [-0.1, -0.05) is 19.9 Å². The lowest BCUT2D eigenvalue weighted by atomic mass is 9.91. The second-order valence-corrected chi connectivity index (χ2v) is 14.0. The first kappa shape index (κ1) is 27.4. The summed E-state index contributed by atoms with van der Waals surface area (Å²) in [4.78, 5) is 24.6. The molecule has 13 heteroatoms. The fourth-order valence-corrected chi connectivity index (χ4v) is 7.49. The summed E-state index contributed by atoms with van der Waals surface area (Å²) >= 11 is 0. The number of H-pyrrole nitrogens is 1. The third-order valence-corrected chi connectivity index (χ3v) is 10.4. The average Bonchev–Trinajstić information content (AvgIpc) is 3.54. The van der Waals surface area contributed by atoms with Crippen LogP contribution in [0.5, 0.6) is 11.5 Å². The van der Waals surface area contributed by atoms with Gasteiger partial charge in [0.15, 0.2) is 27.3 Å². The van der Waals surface area contributed by atoms with Crippen molar-refractivity contribution in [3.8, 4) is 11.5 Å². The average molecular weight is 604 g/mol. The van der Waals surface area contributed by atoms with E-state index in [1.807, 2.05) is 49.1 Å². The van der Waals surface area contributed by atoms with Crippen LogP contribution in [0, 0.1) is 0 Å². The third-order valence-electron chi connectivity index (χ3n) is 8.78. The summed E-state index contributed by atoms with van der Waals surface area (Å²) in [7, 11) is 0.117. The van der Waals surface area contributed by atoms with E-state index in [1.165, 1.54) is 0 Å². The Bertz CT molecular complexity index is 1880. The standard InChI is InChI=1S/C30H33N7O5S/c1-16(2)25-32-27(24(42-4)28(34-25)37-9-11-43(39,40)12-10-37)33-26-19-7-5-17(13-23(19)35-36-26)21-15-30(21)20-14-18(41-3)6-8-22(20)31-29(30)38/h5-8,13-14,16,21H,9-12,15H2,1-4H3,(H,31,38)(H2,32,33,34,35,36)/t21-,30-/m0/s1. The van der Waals surface area contributed by atoms with E-state index in [0.717, 1.165) is 39.9 Å². The maximum atomic E-state index is 13.1. The predicted molar refractivity (Wildman–Crippen MR) is 164 cm³/mol. The minimum atomic E-state index is -3.06. The van der Waals surface area contributed by atoms with E-state index >= 15 is 0 Å². The van der Waals surface area contributed by atoms with Gasteiger partial charge in [0.25, 0.3) is 0 Å². The number of methoxy groups -OCH3 is 2. The van der Waals surface area contributed by atoms with Gasteiger partial charge < -0.3 is 25.0 Å². The summed E-state index contributed by atoms with van der Waals surface area (Å²) in [6, 6.07) is 11.8. The zero-order valence-corrected chi connectivity index (χ0v) is 25.2. The van der Waals surface area contributed by atoms with Crippen LogP contribution in [0.15, 0.2) is 36.4 Å². The maximum Gasteiger partial charge on any atom is 0.235 e. The normalized spacial score (nSPS) is 22.1. The highest BCUT2D eigenvalue weighted by Crippen LogP contribution is 2.65. The van der Waals surface area contributed by atoms with Gasteiger partial charge >= 0.3 is 0 Å². The number of aromatic nitrogens is 4. The fourth-order valence-electron chi connectivity index (χ4n) is 6.28. The highest BCUT2D eigenvalue weighted by Gasteiger charge is 2.65. The zero-order valence-electron chi connectivity index (χ0n) is 24.4. The van der Waals surface area contributed by atoms with E-state index in [2.05, 4.69) is 26.9 Å². The molecule has 2 aromatic carbocycles. The molecule has 3 N–H and O–H groups in total. The molecule has 1 amide bonds. The summed E-state index contributed by atoms with van der Waals surface area (Å²) < 4.78 is 35.3. The number of fused-ring (bicyclic) bond motifs is 3. The first-order chi connectivity index (χ1) is 20.6. The summed E-state index contributed by atoms with van der Waals surface area (Å²) in [6.07, 6.45) is 0.723. The number of benzene rings is 2. The van der Waals surface area contributed by atoms with Crippen molar-refractivity contribution in [3.05, 3.63) is 53.3 Å². The number of carbonyl (C=O) groups is 1. The van der Waals surface area contributed by atoms with Crippen molar-refractivity contribution in [1.29, 1.82) is 0 Å². The Labute approximate surface area is 249 Å². The van der Waals surface area contributed by atoms with Crippen molar-refractivity contribution >= 4 is 49.8 Å². The number of anilines is 4. The second-order valence-electron chi connectivity index (χ2n) is 11.7. The number of nitrogens with zero attached hydrogens (tertiary/aromatic N) is 4. The van der Waals surface area contributed by atoms with Crippen molar-refractivity contribution in [1.82, 2.24) is 20.2 Å². The van der Waals surface area contributed by atoms with Crippen LogP contribution in [0.3, 0.4) is 0 Å². The number of hydrogen-bond donors (Lipinski definition) is 3. The van der Waals surface area contributed by atoms with Gasteiger partial charge in [-0.2, -0.15) is 5.10 Å². The van der Waals surface area contributed by atoms with Crippen LogP contribution in [-0.2, 0) is 20.0 Å². The van der Waals surface area contributed by atoms with Crippen molar-refractivity contribution in [3.63, 3.8) is 0 Å². The molecule has 3 aliphatic rings. The molecule has 2 atom stereocenters. The Balaban J connectivity index is 1.20. The minimum Gasteiger partial charge on any atom is -0.497 e. The quantitative estimate of drug-likeness (QED) is 0.284. The van der Waals surface area contributed by atoms with Crippen LogP contribution in [-0.4, -0.2) is 73.3 Å². The Morgan fingerprint density at radius 1 is 1.05 bits per heavy atom. The fraction of sp³-hybridized carbons (Fsp3) is 0.400. The smallest absolute Gasteiger partial charge is 0.235 e. The van der Waals surface area contributed by atoms with Gasteiger partial charge in [0.2, 0.25) is 11.7 Å². The van der Waals surface area contributed by atoms with E-state index in [1.54, 1.807) is 14.2 Å². The van der Waals surface area contributed by atoms with Crippen molar-refractivity contribution in [2.45, 2.75) is 37.5 Å². The van der Waals surface area contributed by atoms with Crippen LogP contribution >= 0.6 is 0 Å². The van der Waals surface area contributed by atoms with Gasteiger partial charge in [-0.15, -0.1) is 0 Å². The lowest BCUT2D eigenvalue weighted by Gasteiger charge is -2.30. The van der Waals surface area contributed by atoms with Crippen LogP contribution in [0.4, 0.5) is 23.1 Å². The zero-order chi connectivity index (χ0) is 30.1. The lowest BCUT2D eigenvalue weighted by Crippen LogP contribution is -2.41. The molecule has 2 aliphatic heterocycles. The summed E-state index contributed by atoms with van der Waals surface area (Å²) in [5.74, 6) is 3.57. The molecule has 1 spiro atoms. The van der Waals surface area contributed by atoms with E-state index in [-0.39, 0.29) is 29.2 Å². The Hall–Kier alpha value is -4.39. The number of rotatable bonds is 7. The minimum absolute atomic E-state index is 0.0201. The number of carbonyl (C=O) groups excluding carboxylic acids is 1. The lowest BCUT2D eigenvalue weighted by molar-refractivity contribution is -0.118. The molecule has 224 valence electrons. The Morgan fingerprint density at radius 2 is 1.84 bits per heavy atom. The summed E-state index contributed by atoms with van der Waals surface area (Å²) in [5, 5.41) is 14.9. The topological polar surface area (TPSA) is 151 Å². The molecule has 7 rings (SSSR count). The highest BCUT2D eigenvalue weighted by molar-refractivity contribution is 7.91. The van der Waals surface area contributed by atoms with E-state index in [4.69, 9.17) is 19.4 Å². The molecule has 1 aliphatic carbocycles. The van der Waals surface area contributed by atoms with Crippen LogP contribution in [0.2, 0.25) is 0 Å². The summed E-state index contributed by atoms with van der Waals surface area (Å²) in [5.41, 5.74) is 3.10. The molecule has 2 aromatic heterocycles. The first-order valence-electron chi connectivity index (χ1n) is 14.3. The highest BCUT2D eigenvalue weighted by atomic mass is 32.2. The molecule has 1 saturated heterocycles. The van der Waals surface area contributed by atoms with Crippen LogP contribution < -0.4 is 25.0 Å². The molecule has 4 aromatic rings. The molecule has 0 unspecified atom stereocenters. The van der Waals surface area contributed by atoms with Gasteiger partial charge in [-0.05, 0) is 47.9 Å². The number of aromatic amines is 1. The number of amides is 1. The molecular formula is C30H33N7O5S. The monoisotopic (exact) mass is 603 g/mol. The number of sulfone groups is 1. The molecule has 43 heavy (non-hydrogen) atoms. The number of ether oxygens (including phenoxy) is 2. The number of hydrogen-bond acceptors (Lipinski definition) is 10. The van der Waals surface area contributed by atoms with Gasteiger partial charge in [0, 0.05) is 36.0 Å². The summed E-state index contributed by atoms with van der Waals surface area (Å²) in [6.45, 7) is 4.67. The molecule has 2 fully saturated rings. The maximum absolute atomic E-state index is 13.1. The molecule has 4 heterocycles. The molecule has 0 radical (unpaired) electrons. The van der Waals surface area contributed by atoms with Crippen LogP contribution in [0.25, 0.3) is 10.9 Å². The SMILES string of the molecule is COc1ccc2c(c1)[C@]1(C[C@H]1c1ccc3c(Nc4nc(C(C)C)nc(N5CCS(=O)(=O)CC5)c4OC)n[nH]c3c1)C(=O)N2. The number of nitrogens with one attached hydrogen (secondary N) is 3. The van der Waals surface area contributed by atoms with Crippen molar-refractivity contribution in [2.24, 2.45) is 0 Å². The van der Waals surface area contributed by atoms with Crippen molar-refractivity contribution < 1.29 is 22.7 Å². The van der Waals surface area contributed by atoms with Gasteiger partial charge in [0.05, 0.1) is 36.7 Å². The van der Waals surface area contributed by atoms with E-state index in [9.17, 15) is 13.2 Å². The van der Waals surface area contributed by atoms with E-state index in [0.29, 0.717) is 42.1 Å². The molecule has 0 bridgehead atoms. The Kier molecular flexibility index (Phi) is 6.27. The molecule has 1 saturated carbocycles. The molecule has 12 nitrogen and oxygen atoms in total.